The maximum atomic E-state index is 10.7. The van der Waals surface area contributed by atoms with E-state index in [1.165, 1.54) is 0 Å². The molecule has 0 amide bonds. The van der Waals surface area contributed by atoms with Gasteiger partial charge in [0, 0.05) is 13.0 Å². The summed E-state index contributed by atoms with van der Waals surface area (Å²) < 4.78 is 21.4. The van der Waals surface area contributed by atoms with Gasteiger partial charge in [-0.25, -0.2) is 0 Å². The molecular formula is C6H21NNa2O8P2. The monoisotopic (exact) mass is 343 g/mol. The van der Waals surface area contributed by atoms with Gasteiger partial charge in [0.05, 0.1) is 0 Å². The Morgan fingerprint density at radius 1 is 1.11 bits per heavy atom. The maximum absolute atomic E-state index is 10.7. The fourth-order valence-electron chi connectivity index (χ4n) is 0.800. The van der Waals surface area contributed by atoms with E-state index in [4.69, 9.17) is 30.4 Å². The minimum Gasteiger partial charge on any atom is -1.00 e. The van der Waals surface area contributed by atoms with Crippen LogP contribution in [-0.4, -0.2) is 48.0 Å². The summed E-state index contributed by atoms with van der Waals surface area (Å²) >= 11 is 0. The first kappa shape index (κ1) is 29.2. The Morgan fingerprint density at radius 2 is 1.37 bits per heavy atom. The molecule has 110 valence electrons. The minimum absolute atomic E-state index is 0. The summed E-state index contributed by atoms with van der Waals surface area (Å²) in [5, 5.41) is 13.5. The number of hydrogen-bond acceptors (Lipinski definition) is 5. The third-order valence-corrected chi connectivity index (χ3v) is 5.53. The predicted octanol–water partition coefficient (Wildman–Crippen LogP) is -7.04. The molecule has 0 rings (SSSR count). The van der Waals surface area contributed by atoms with Gasteiger partial charge in [0.1, 0.15) is 0 Å². The Morgan fingerprint density at radius 3 is 1.53 bits per heavy atom. The van der Waals surface area contributed by atoms with Crippen molar-refractivity contribution >= 4 is 15.2 Å². The summed E-state index contributed by atoms with van der Waals surface area (Å²) in [5.74, 6) is 0. The zero-order chi connectivity index (χ0) is 14.3. The van der Waals surface area contributed by atoms with Crippen LogP contribution in [0.2, 0.25) is 0 Å². The summed E-state index contributed by atoms with van der Waals surface area (Å²) in [7, 11) is -10.6. The standard InChI is InChI=1S/C4H13NO7P2.C2H6O.2Na.2H/c5-3-1-2-4(6,13(7,8)9)14(10,11)12;1-2-3;;;;/h6H,1-3,5H2,(H2,7,8,9)(H2,10,11,12);3H,2H2,1H3;;;;/q;;2*+1;2*-1. The van der Waals surface area contributed by atoms with E-state index in [9.17, 15) is 14.2 Å². The first-order valence-corrected chi connectivity index (χ1v) is 7.85. The van der Waals surface area contributed by atoms with Crippen molar-refractivity contribution in [3.8, 4) is 0 Å². The van der Waals surface area contributed by atoms with E-state index in [-0.39, 0.29) is 81.5 Å². The molecule has 0 spiro atoms. The molecule has 0 aliphatic rings. The second kappa shape index (κ2) is 12.7. The molecule has 8 N–H and O–H groups in total. The predicted molar refractivity (Wildman–Crippen MR) is 62.3 cm³/mol. The molecule has 9 nitrogen and oxygen atoms in total. The Balaban J connectivity index is -0.0000000738. The molecule has 0 radical (unpaired) electrons. The van der Waals surface area contributed by atoms with E-state index >= 15 is 0 Å². The van der Waals surface area contributed by atoms with Gasteiger partial charge in [-0.05, 0) is 19.9 Å². The van der Waals surface area contributed by atoms with E-state index in [0.717, 1.165) is 0 Å². The zero-order valence-corrected chi connectivity index (χ0v) is 17.1. The summed E-state index contributed by atoms with van der Waals surface area (Å²) in [6.07, 6.45) is -0.856. The van der Waals surface area contributed by atoms with E-state index in [2.05, 4.69) is 0 Å². The molecule has 0 aromatic carbocycles. The summed E-state index contributed by atoms with van der Waals surface area (Å²) in [5.41, 5.74) is 5.01. The molecule has 19 heavy (non-hydrogen) atoms. The minimum atomic E-state index is -5.30. The Kier molecular flexibility index (Phi) is 19.5. The van der Waals surface area contributed by atoms with Crippen molar-refractivity contribution in [2.75, 3.05) is 13.2 Å². The van der Waals surface area contributed by atoms with E-state index < -0.39 is 26.7 Å². The molecule has 0 bridgehead atoms. The van der Waals surface area contributed by atoms with E-state index in [0.29, 0.717) is 0 Å². The number of rotatable bonds is 5. The molecular weight excluding hydrogens is 322 g/mol. The third-order valence-electron chi connectivity index (χ3n) is 1.65. The smallest absolute Gasteiger partial charge is 1.00 e. The fraction of sp³-hybridized carbons (Fsp3) is 1.00. The van der Waals surface area contributed by atoms with Crippen molar-refractivity contribution in [3.05, 3.63) is 0 Å². The van der Waals surface area contributed by atoms with Crippen LogP contribution in [0.4, 0.5) is 0 Å². The summed E-state index contributed by atoms with van der Waals surface area (Å²) in [6.45, 7) is 1.89. The zero-order valence-electron chi connectivity index (χ0n) is 13.3. The molecule has 0 aromatic heterocycles. The quantitative estimate of drug-likeness (QED) is 0.188. The molecule has 0 aromatic rings. The first-order chi connectivity index (χ1) is 7.47. The van der Waals surface area contributed by atoms with Crippen molar-refractivity contribution in [2.24, 2.45) is 5.73 Å². The average molecular weight is 343 g/mol. The molecule has 0 saturated heterocycles. The number of hydrogen-bond donors (Lipinski definition) is 7. The van der Waals surface area contributed by atoms with Crippen LogP contribution in [0.3, 0.4) is 0 Å². The van der Waals surface area contributed by atoms with Crippen molar-refractivity contribution in [1.82, 2.24) is 0 Å². The van der Waals surface area contributed by atoms with Crippen LogP contribution < -0.4 is 64.8 Å². The first-order valence-electron chi connectivity index (χ1n) is 4.62. The van der Waals surface area contributed by atoms with Gasteiger partial charge in [-0.2, -0.15) is 0 Å². The normalized spacial score (nSPS) is 11.6. The van der Waals surface area contributed by atoms with Gasteiger partial charge in [-0.15, -0.1) is 0 Å². The molecule has 0 aliphatic heterocycles. The van der Waals surface area contributed by atoms with Crippen LogP contribution in [0.15, 0.2) is 0 Å². The van der Waals surface area contributed by atoms with Gasteiger partial charge in [-0.1, -0.05) is 0 Å². The van der Waals surface area contributed by atoms with Crippen LogP contribution in [0.25, 0.3) is 0 Å². The SMILES string of the molecule is CCO.NCCCC(O)(P(=O)(O)O)P(=O)(O)O.[H-].[H-].[Na+].[Na+]. The van der Waals surface area contributed by atoms with Crippen molar-refractivity contribution < 1.29 is 101 Å². The number of aliphatic hydroxyl groups is 2. The Hall–Kier alpha value is 2.18. The number of nitrogens with two attached hydrogens (primary N) is 1. The molecule has 0 saturated carbocycles. The number of aliphatic hydroxyl groups excluding tert-OH is 1. The topological polar surface area (TPSA) is 182 Å². The second-order valence-electron chi connectivity index (χ2n) is 3.07. The Bertz CT molecular complexity index is 293. The van der Waals surface area contributed by atoms with Crippen LogP contribution in [-0.2, 0) is 9.13 Å². The fourth-order valence-corrected chi connectivity index (χ4v) is 3.06. The van der Waals surface area contributed by atoms with Gasteiger partial charge in [0.2, 0.25) is 0 Å². The van der Waals surface area contributed by atoms with Crippen LogP contribution in [0, 0.1) is 0 Å². The molecule has 0 atom stereocenters. The van der Waals surface area contributed by atoms with Gasteiger partial charge in [-0.3, -0.25) is 9.13 Å². The molecule has 13 heteroatoms. The van der Waals surface area contributed by atoms with Gasteiger partial charge in [0.15, 0.2) is 0 Å². The average Bonchev–Trinajstić information content (AvgIpc) is 2.11. The summed E-state index contributed by atoms with van der Waals surface area (Å²) in [4.78, 5) is 34.5. The molecule has 0 fully saturated rings. The van der Waals surface area contributed by atoms with Crippen molar-refractivity contribution in [1.29, 1.82) is 0 Å². The van der Waals surface area contributed by atoms with Gasteiger partial charge < -0.3 is 38.4 Å². The Labute approximate surface area is 158 Å². The van der Waals surface area contributed by atoms with Crippen molar-refractivity contribution in [2.45, 2.75) is 24.8 Å². The molecule has 0 aliphatic carbocycles. The van der Waals surface area contributed by atoms with Crippen LogP contribution >= 0.6 is 15.2 Å². The van der Waals surface area contributed by atoms with Crippen LogP contribution in [0.1, 0.15) is 22.6 Å². The molecule has 0 unspecified atom stereocenters. The van der Waals surface area contributed by atoms with Gasteiger partial charge >= 0.3 is 74.3 Å². The van der Waals surface area contributed by atoms with Gasteiger partial charge in [0.25, 0.3) is 5.08 Å². The third kappa shape index (κ3) is 10.5. The van der Waals surface area contributed by atoms with Crippen LogP contribution in [0.5, 0.6) is 0 Å². The van der Waals surface area contributed by atoms with E-state index in [1.54, 1.807) is 6.92 Å². The summed E-state index contributed by atoms with van der Waals surface area (Å²) in [6, 6.07) is 0. The molecule has 0 heterocycles. The maximum Gasteiger partial charge on any atom is 1.00 e. The largest absolute Gasteiger partial charge is 1.00 e. The van der Waals surface area contributed by atoms with E-state index in [1.807, 2.05) is 0 Å². The second-order valence-corrected chi connectivity index (χ2v) is 7.08. The van der Waals surface area contributed by atoms with Crippen molar-refractivity contribution in [3.63, 3.8) is 0 Å².